The first-order valence-corrected chi connectivity index (χ1v) is 4.93. The molecule has 0 bridgehead atoms. The largest absolute Gasteiger partial charge is 0.506 e. The lowest BCUT2D eigenvalue weighted by molar-refractivity contribution is 0.475. The molecule has 0 aliphatic carbocycles. The molecule has 1 aromatic heterocycles. The summed E-state index contributed by atoms with van der Waals surface area (Å²) in [6.07, 6.45) is 3.98. The van der Waals surface area contributed by atoms with E-state index in [1.165, 1.54) is 6.33 Å². The van der Waals surface area contributed by atoms with Crippen LogP contribution in [0.4, 0.5) is 0 Å². The normalized spacial score (nSPS) is 10.5. The van der Waals surface area contributed by atoms with E-state index in [4.69, 9.17) is 11.6 Å². The molecule has 0 saturated carbocycles. The molecule has 2 rings (SSSR count). The zero-order valence-corrected chi connectivity index (χ0v) is 8.72. The molecule has 0 amide bonds. The average Bonchev–Trinajstić information content (AvgIpc) is 2.73. The fourth-order valence-corrected chi connectivity index (χ4v) is 1.50. The summed E-state index contributed by atoms with van der Waals surface area (Å²) in [7, 11) is 0. The molecule has 0 spiro atoms. The fourth-order valence-electron chi connectivity index (χ4n) is 1.30. The quantitative estimate of drug-likeness (QED) is 0.865. The minimum Gasteiger partial charge on any atom is -0.506 e. The third-order valence-corrected chi connectivity index (χ3v) is 2.41. The molecule has 5 heteroatoms. The van der Waals surface area contributed by atoms with Crippen molar-refractivity contribution in [1.82, 2.24) is 14.8 Å². The summed E-state index contributed by atoms with van der Waals surface area (Å²) in [6, 6.07) is 5.20. The van der Waals surface area contributed by atoms with E-state index in [-0.39, 0.29) is 5.75 Å². The molecule has 15 heavy (non-hydrogen) atoms. The second-order valence-corrected chi connectivity index (χ2v) is 3.60. The SMILES string of the molecule is Oc1ccc(CCn2cncn2)cc1Cl. The van der Waals surface area contributed by atoms with E-state index < -0.39 is 0 Å². The van der Waals surface area contributed by atoms with Crippen LogP contribution in [0.5, 0.6) is 5.75 Å². The summed E-state index contributed by atoms with van der Waals surface area (Å²) in [5, 5.41) is 13.6. The van der Waals surface area contributed by atoms with Gasteiger partial charge in [-0.2, -0.15) is 5.10 Å². The molecule has 2 aromatic rings. The van der Waals surface area contributed by atoms with Crippen LogP contribution in [-0.2, 0) is 13.0 Å². The highest BCUT2D eigenvalue weighted by atomic mass is 35.5. The number of aryl methyl sites for hydroxylation is 2. The van der Waals surface area contributed by atoms with Crippen molar-refractivity contribution in [2.45, 2.75) is 13.0 Å². The molecular weight excluding hydrogens is 214 g/mol. The number of hydrogen-bond donors (Lipinski definition) is 1. The van der Waals surface area contributed by atoms with Crippen LogP contribution in [0.25, 0.3) is 0 Å². The van der Waals surface area contributed by atoms with Crippen LogP contribution in [-0.4, -0.2) is 19.9 Å². The zero-order chi connectivity index (χ0) is 10.7. The number of aromatic nitrogens is 3. The molecule has 1 N–H and O–H groups in total. The first kappa shape index (κ1) is 9.98. The Morgan fingerprint density at radius 2 is 2.27 bits per heavy atom. The minimum atomic E-state index is 0.112. The van der Waals surface area contributed by atoms with Crippen molar-refractivity contribution in [3.63, 3.8) is 0 Å². The Morgan fingerprint density at radius 3 is 2.93 bits per heavy atom. The number of halogens is 1. The van der Waals surface area contributed by atoms with Crippen molar-refractivity contribution in [3.05, 3.63) is 41.4 Å². The van der Waals surface area contributed by atoms with Crippen molar-refractivity contribution >= 4 is 11.6 Å². The summed E-state index contributed by atoms with van der Waals surface area (Å²) in [4.78, 5) is 3.85. The van der Waals surface area contributed by atoms with E-state index in [0.717, 1.165) is 18.5 Å². The Morgan fingerprint density at radius 1 is 1.40 bits per heavy atom. The van der Waals surface area contributed by atoms with Crippen molar-refractivity contribution in [2.24, 2.45) is 0 Å². The van der Waals surface area contributed by atoms with E-state index in [2.05, 4.69) is 10.1 Å². The van der Waals surface area contributed by atoms with E-state index in [1.54, 1.807) is 23.1 Å². The molecule has 0 fully saturated rings. The second kappa shape index (κ2) is 4.31. The van der Waals surface area contributed by atoms with Gasteiger partial charge in [0, 0.05) is 6.54 Å². The monoisotopic (exact) mass is 223 g/mol. The number of phenols is 1. The highest BCUT2D eigenvalue weighted by Crippen LogP contribution is 2.23. The summed E-state index contributed by atoms with van der Waals surface area (Å²) in [6.45, 7) is 0.751. The molecule has 0 atom stereocenters. The van der Waals surface area contributed by atoms with Gasteiger partial charge < -0.3 is 5.11 Å². The van der Waals surface area contributed by atoms with E-state index >= 15 is 0 Å². The number of benzene rings is 1. The van der Waals surface area contributed by atoms with Gasteiger partial charge in [-0.1, -0.05) is 17.7 Å². The van der Waals surface area contributed by atoms with Gasteiger partial charge in [0.1, 0.15) is 18.4 Å². The Balaban J connectivity index is 2.02. The molecule has 0 aliphatic rings. The molecule has 0 radical (unpaired) electrons. The molecule has 1 aromatic carbocycles. The molecule has 78 valence electrons. The van der Waals surface area contributed by atoms with Crippen LogP contribution in [0.15, 0.2) is 30.9 Å². The van der Waals surface area contributed by atoms with Crippen LogP contribution in [0.3, 0.4) is 0 Å². The van der Waals surface area contributed by atoms with Crippen LogP contribution in [0.1, 0.15) is 5.56 Å². The summed E-state index contributed by atoms with van der Waals surface area (Å²) in [5.41, 5.74) is 1.06. The maximum Gasteiger partial charge on any atom is 0.137 e. The zero-order valence-electron chi connectivity index (χ0n) is 7.97. The third kappa shape index (κ3) is 2.47. The van der Waals surface area contributed by atoms with Gasteiger partial charge >= 0.3 is 0 Å². The molecule has 0 unspecified atom stereocenters. The van der Waals surface area contributed by atoms with Gasteiger partial charge in [0.15, 0.2) is 0 Å². The van der Waals surface area contributed by atoms with Crippen molar-refractivity contribution < 1.29 is 5.11 Å². The first-order chi connectivity index (χ1) is 7.25. The topological polar surface area (TPSA) is 50.9 Å². The molecular formula is C10H10ClN3O. The smallest absolute Gasteiger partial charge is 0.137 e. The van der Waals surface area contributed by atoms with Gasteiger partial charge in [-0.15, -0.1) is 0 Å². The van der Waals surface area contributed by atoms with Gasteiger partial charge in [-0.3, -0.25) is 4.68 Å². The lowest BCUT2D eigenvalue weighted by Gasteiger charge is -2.03. The van der Waals surface area contributed by atoms with E-state index in [1.807, 2.05) is 6.07 Å². The maximum absolute atomic E-state index is 9.24. The van der Waals surface area contributed by atoms with Crippen LogP contribution >= 0.6 is 11.6 Å². The summed E-state index contributed by atoms with van der Waals surface area (Å²) < 4.78 is 1.75. The van der Waals surface area contributed by atoms with Crippen LogP contribution in [0, 0.1) is 0 Å². The van der Waals surface area contributed by atoms with Crippen molar-refractivity contribution in [3.8, 4) is 5.75 Å². The molecule has 0 aliphatic heterocycles. The lowest BCUT2D eigenvalue weighted by Crippen LogP contribution is -2.01. The Kier molecular flexibility index (Phi) is 2.87. The van der Waals surface area contributed by atoms with Crippen molar-refractivity contribution in [1.29, 1.82) is 0 Å². The van der Waals surface area contributed by atoms with E-state index in [0.29, 0.717) is 5.02 Å². The molecule has 0 saturated heterocycles. The number of nitrogens with zero attached hydrogens (tertiary/aromatic N) is 3. The van der Waals surface area contributed by atoms with Gasteiger partial charge in [-0.05, 0) is 24.1 Å². The highest BCUT2D eigenvalue weighted by Gasteiger charge is 2.00. The number of phenolic OH excluding ortho intramolecular Hbond substituents is 1. The Hall–Kier alpha value is -1.55. The van der Waals surface area contributed by atoms with Gasteiger partial charge in [0.05, 0.1) is 5.02 Å². The van der Waals surface area contributed by atoms with Crippen LogP contribution < -0.4 is 0 Å². The predicted octanol–water partition coefficient (Wildman–Crippen LogP) is 1.88. The van der Waals surface area contributed by atoms with Crippen molar-refractivity contribution in [2.75, 3.05) is 0 Å². The number of rotatable bonds is 3. The van der Waals surface area contributed by atoms with Gasteiger partial charge in [0.25, 0.3) is 0 Å². The van der Waals surface area contributed by atoms with Gasteiger partial charge in [-0.25, -0.2) is 4.98 Å². The standard InChI is InChI=1S/C10H10ClN3O/c11-9-5-8(1-2-10(9)15)3-4-14-7-12-6-13-14/h1-2,5-7,15H,3-4H2. The second-order valence-electron chi connectivity index (χ2n) is 3.19. The predicted molar refractivity (Wildman–Crippen MR) is 56.8 cm³/mol. The Bertz CT molecular complexity index is 442. The lowest BCUT2D eigenvalue weighted by atomic mass is 10.1. The van der Waals surface area contributed by atoms with Gasteiger partial charge in [0.2, 0.25) is 0 Å². The summed E-state index contributed by atoms with van der Waals surface area (Å²) >= 11 is 5.79. The number of hydrogen-bond acceptors (Lipinski definition) is 3. The third-order valence-electron chi connectivity index (χ3n) is 2.11. The minimum absolute atomic E-state index is 0.112. The molecule has 1 heterocycles. The first-order valence-electron chi connectivity index (χ1n) is 4.55. The van der Waals surface area contributed by atoms with Crippen LogP contribution in [0.2, 0.25) is 5.02 Å². The molecule has 4 nitrogen and oxygen atoms in total. The van der Waals surface area contributed by atoms with E-state index in [9.17, 15) is 5.11 Å². The highest BCUT2D eigenvalue weighted by molar-refractivity contribution is 6.32. The number of aromatic hydroxyl groups is 1. The fraction of sp³-hybridized carbons (Fsp3) is 0.200. The average molecular weight is 224 g/mol. The summed E-state index contributed by atoms with van der Waals surface area (Å²) in [5.74, 6) is 0.112. The Labute approximate surface area is 92.1 Å². The maximum atomic E-state index is 9.24.